The summed E-state index contributed by atoms with van der Waals surface area (Å²) in [5.41, 5.74) is 2.26. The van der Waals surface area contributed by atoms with Gasteiger partial charge in [-0.05, 0) is 17.3 Å². The van der Waals surface area contributed by atoms with Crippen LogP contribution in [0.1, 0.15) is 0 Å². The molecule has 0 saturated heterocycles. The minimum Gasteiger partial charge on any atom is -0.388 e. The SMILES string of the molecule is O=NC1=CC=CON1. The predicted molar refractivity (Wildman–Crippen MR) is 27.2 cm³/mol. The summed E-state index contributed by atoms with van der Waals surface area (Å²) >= 11 is 0. The fraction of sp³-hybridized carbons (Fsp3) is 0. The highest BCUT2D eigenvalue weighted by molar-refractivity contribution is 5.09. The molecule has 0 aromatic rings. The van der Waals surface area contributed by atoms with Gasteiger partial charge in [0.2, 0.25) is 5.82 Å². The Morgan fingerprint density at radius 3 is 3.00 bits per heavy atom. The van der Waals surface area contributed by atoms with Crippen LogP contribution in [0.5, 0.6) is 0 Å². The monoisotopic (exact) mass is 112 g/mol. The summed E-state index contributed by atoms with van der Waals surface area (Å²) in [6.45, 7) is 0. The van der Waals surface area contributed by atoms with E-state index < -0.39 is 0 Å². The lowest BCUT2D eigenvalue weighted by atomic mass is 10.5. The third kappa shape index (κ3) is 0.841. The molecule has 0 radical (unpaired) electrons. The molecule has 4 nitrogen and oxygen atoms in total. The summed E-state index contributed by atoms with van der Waals surface area (Å²) in [7, 11) is 0. The lowest BCUT2D eigenvalue weighted by molar-refractivity contribution is 0.158. The molecule has 0 atom stereocenters. The molecule has 8 heavy (non-hydrogen) atoms. The zero-order chi connectivity index (χ0) is 5.82. The van der Waals surface area contributed by atoms with Gasteiger partial charge in [0.15, 0.2) is 0 Å². The summed E-state index contributed by atoms with van der Waals surface area (Å²) < 4.78 is 0. The Kier molecular flexibility index (Phi) is 1.27. The molecule has 1 aliphatic rings. The normalized spacial score (nSPS) is 15.8. The molecule has 0 spiro atoms. The highest BCUT2D eigenvalue weighted by Crippen LogP contribution is 1.95. The number of nitrogens with one attached hydrogen (secondary N) is 1. The molecule has 0 unspecified atom stereocenters. The van der Waals surface area contributed by atoms with E-state index in [9.17, 15) is 4.91 Å². The zero-order valence-corrected chi connectivity index (χ0v) is 4.00. The van der Waals surface area contributed by atoms with Crippen molar-refractivity contribution in [2.75, 3.05) is 0 Å². The lowest BCUT2D eigenvalue weighted by Gasteiger charge is -2.02. The van der Waals surface area contributed by atoms with Gasteiger partial charge in [-0.25, -0.2) is 5.48 Å². The smallest absolute Gasteiger partial charge is 0.204 e. The van der Waals surface area contributed by atoms with Crippen molar-refractivity contribution in [3.05, 3.63) is 29.1 Å². The van der Waals surface area contributed by atoms with Gasteiger partial charge in [-0.1, -0.05) is 0 Å². The van der Waals surface area contributed by atoms with E-state index in [-0.39, 0.29) is 5.82 Å². The summed E-state index contributed by atoms with van der Waals surface area (Å²) in [4.78, 5) is 14.1. The predicted octanol–water partition coefficient (Wildman–Crippen LogP) is 0.643. The Balaban J connectivity index is 2.63. The topological polar surface area (TPSA) is 50.7 Å². The second kappa shape index (κ2) is 2.11. The molecule has 0 fully saturated rings. The lowest BCUT2D eigenvalue weighted by Crippen LogP contribution is -2.10. The second-order valence-corrected chi connectivity index (χ2v) is 1.19. The van der Waals surface area contributed by atoms with Crippen LogP contribution in [-0.4, -0.2) is 0 Å². The number of nitroso groups, excluding NO2 is 1. The van der Waals surface area contributed by atoms with Crippen LogP contribution in [0.25, 0.3) is 0 Å². The fourth-order valence-corrected chi connectivity index (χ4v) is 0.347. The maximum atomic E-state index is 9.67. The van der Waals surface area contributed by atoms with Gasteiger partial charge < -0.3 is 4.84 Å². The van der Waals surface area contributed by atoms with Crippen LogP contribution < -0.4 is 5.48 Å². The minimum absolute atomic E-state index is 0.188. The van der Waals surface area contributed by atoms with Crippen LogP contribution in [0.15, 0.2) is 29.4 Å². The van der Waals surface area contributed by atoms with Crippen molar-refractivity contribution in [1.29, 1.82) is 0 Å². The second-order valence-electron chi connectivity index (χ2n) is 1.19. The molecular formula is C4H4N2O2. The van der Waals surface area contributed by atoms with Crippen molar-refractivity contribution in [2.24, 2.45) is 5.18 Å². The van der Waals surface area contributed by atoms with Crippen LogP contribution in [0.3, 0.4) is 0 Å². The Morgan fingerprint density at radius 1 is 1.75 bits per heavy atom. The number of hydrogen-bond donors (Lipinski definition) is 1. The molecule has 4 heteroatoms. The Hall–Kier alpha value is -1.32. The number of allylic oxidation sites excluding steroid dienone is 2. The standard InChI is InChI=1S/C4H4N2O2/c7-5-4-2-1-3-8-6-4/h1-3,6H. The average molecular weight is 112 g/mol. The molecule has 0 aliphatic carbocycles. The first kappa shape index (κ1) is 4.83. The highest BCUT2D eigenvalue weighted by atomic mass is 16.6. The number of hydroxylamine groups is 1. The molecule has 42 valence electrons. The minimum atomic E-state index is 0.188. The largest absolute Gasteiger partial charge is 0.388 e. The van der Waals surface area contributed by atoms with Gasteiger partial charge in [-0.2, -0.15) is 0 Å². The quantitative estimate of drug-likeness (QED) is 0.506. The average Bonchev–Trinajstić information content (AvgIpc) is 1.90. The number of nitrogens with zero attached hydrogens (tertiary/aromatic N) is 1. The third-order valence-corrected chi connectivity index (χ3v) is 0.663. The molecule has 0 aromatic carbocycles. The molecular weight excluding hydrogens is 108 g/mol. The van der Waals surface area contributed by atoms with Gasteiger partial charge >= 0.3 is 0 Å². The summed E-state index contributed by atoms with van der Waals surface area (Å²) in [5, 5.41) is 2.57. The van der Waals surface area contributed by atoms with Crippen LogP contribution >= 0.6 is 0 Å². The summed E-state index contributed by atoms with van der Waals surface area (Å²) in [6.07, 6.45) is 4.50. The Bertz CT molecular complexity index is 150. The van der Waals surface area contributed by atoms with Crippen molar-refractivity contribution in [2.45, 2.75) is 0 Å². The molecule has 0 saturated carbocycles. The molecule has 0 aromatic heterocycles. The van der Waals surface area contributed by atoms with Gasteiger partial charge in [-0.15, -0.1) is 4.91 Å². The van der Waals surface area contributed by atoms with Gasteiger partial charge in [0, 0.05) is 0 Å². The zero-order valence-electron chi connectivity index (χ0n) is 4.00. The van der Waals surface area contributed by atoms with E-state index in [1.54, 1.807) is 6.08 Å². The van der Waals surface area contributed by atoms with Crippen molar-refractivity contribution >= 4 is 0 Å². The third-order valence-electron chi connectivity index (χ3n) is 0.663. The first-order chi connectivity index (χ1) is 3.93. The molecule has 1 aliphatic heterocycles. The highest BCUT2D eigenvalue weighted by Gasteiger charge is 1.94. The number of hydrogen-bond acceptors (Lipinski definition) is 4. The van der Waals surface area contributed by atoms with Gasteiger partial charge in [-0.3, -0.25) is 0 Å². The van der Waals surface area contributed by atoms with Crippen molar-refractivity contribution in [3.63, 3.8) is 0 Å². The maximum Gasteiger partial charge on any atom is 0.204 e. The summed E-state index contributed by atoms with van der Waals surface area (Å²) in [5.74, 6) is 0.188. The Morgan fingerprint density at radius 2 is 2.62 bits per heavy atom. The maximum absolute atomic E-state index is 9.67. The van der Waals surface area contributed by atoms with Gasteiger partial charge in [0.25, 0.3) is 0 Å². The van der Waals surface area contributed by atoms with Crippen LogP contribution in [-0.2, 0) is 4.84 Å². The van der Waals surface area contributed by atoms with Crippen LogP contribution in [0.4, 0.5) is 0 Å². The van der Waals surface area contributed by atoms with E-state index in [2.05, 4.69) is 15.5 Å². The first-order valence-electron chi connectivity index (χ1n) is 2.05. The van der Waals surface area contributed by atoms with E-state index in [0.717, 1.165) is 0 Å². The van der Waals surface area contributed by atoms with Gasteiger partial charge in [0.05, 0.1) is 0 Å². The molecule has 0 bridgehead atoms. The van der Waals surface area contributed by atoms with E-state index >= 15 is 0 Å². The van der Waals surface area contributed by atoms with Crippen LogP contribution in [0.2, 0.25) is 0 Å². The van der Waals surface area contributed by atoms with Crippen molar-refractivity contribution < 1.29 is 4.84 Å². The van der Waals surface area contributed by atoms with E-state index in [4.69, 9.17) is 0 Å². The molecule has 1 heterocycles. The van der Waals surface area contributed by atoms with E-state index in [0.29, 0.717) is 0 Å². The fourth-order valence-electron chi connectivity index (χ4n) is 0.347. The molecule has 1 rings (SSSR count). The van der Waals surface area contributed by atoms with Gasteiger partial charge in [0.1, 0.15) is 6.26 Å². The first-order valence-corrected chi connectivity index (χ1v) is 2.05. The van der Waals surface area contributed by atoms with E-state index in [1.165, 1.54) is 12.3 Å². The molecule has 1 N–H and O–H groups in total. The van der Waals surface area contributed by atoms with E-state index in [1.807, 2.05) is 0 Å². The summed E-state index contributed by atoms with van der Waals surface area (Å²) in [6, 6.07) is 0. The Labute approximate surface area is 45.8 Å². The number of rotatable bonds is 1. The van der Waals surface area contributed by atoms with Crippen LogP contribution in [0, 0.1) is 4.91 Å². The molecule has 0 amide bonds. The van der Waals surface area contributed by atoms with Crippen molar-refractivity contribution in [3.8, 4) is 0 Å². The van der Waals surface area contributed by atoms with Crippen molar-refractivity contribution in [1.82, 2.24) is 5.48 Å².